The summed E-state index contributed by atoms with van der Waals surface area (Å²) in [5.74, 6) is -3.14. The van der Waals surface area contributed by atoms with Crippen LogP contribution < -0.4 is 0 Å². The SMILES string of the molecule is O=C(O)C(Cl)(I)C(=O)O. The summed E-state index contributed by atoms with van der Waals surface area (Å²) in [6, 6.07) is 0. The van der Waals surface area contributed by atoms with Crippen LogP contribution >= 0.6 is 34.2 Å². The second-order valence-electron chi connectivity index (χ2n) is 1.18. The van der Waals surface area contributed by atoms with E-state index >= 15 is 0 Å². The molecule has 0 amide bonds. The van der Waals surface area contributed by atoms with E-state index in [0.29, 0.717) is 0 Å². The minimum absolute atomic E-state index is 1.12. The van der Waals surface area contributed by atoms with Crippen LogP contribution in [0.15, 0.2) is 0 Å². The maximum Gasteiger partial charge on any atom is 0.346 e. The molecule has 0 bridgehead atoms. The number of rotatable bonds is 2. The maximum absolute atomic E-state index is 9.94. The second-order valence-corrected chi connectivity index (χ2v) is 4.01. The van der Waals surface area contributed by atoms with Gasteiger partial charge in [-0.05, 0) is 22.6 Å². The highest BCUT2D eigenvalue weighted by atomic mass is 127. The van der Waals surface area contributed by atoms with Crippen molar-refractivity contribution < 1.29 is 19.8 Å². The Balaban J connectivity index is 4.38. The minimum atomic E-state index is -2.22. The van der Waals surface area contributed by atoms with Gasteiger partial charge in [-0.15, -0.1) is 0 Å². The van der Waals surface area contributed by atoms with Crippen LogP contribution in [0.1, 0.15) is 0 Å². The highest BCUT2D eigenvalue weighted by Crippen LogP contribution is 2.24. The molecular weight excluding hydrogens is 262 g/mol. The molecular formula is C3H2ClIO4. The van der Waals surface area contributed by atoms with E-state index in [1.807, 2.05) is 0 Å². The molecule has 0 atom stereocenters. The molecule has 0 rings (SSSR count). The zero-order valence-electron chi connectivity index (χ0n) is 3.97. The third-order valence-electron chi connectivity index (χ3n) is 0.537. The van der Waals surface area contributed by atoms with E-state index in [1.54, 1.807) is 0 Å². The fraction of sp³-hybridized carbons (Fsp3) is 0.333. The van der Waals surface area contributed by atoms with Crippen molar-refractivity contribution in [3.05, 3.63) is 0 Å². The van der Waals surface area contributed by atoms with Gasteiger partial charge in [-0.25, -0.2) is 9.59 Å². The van der Waals surface area contributed by atoms with Crippen LogP contribution in [0.4, 0.5) is 0 Å². The summed E-state index contributed by atoms with van der Waals surface area (Å²) >= 11 is 6.12. The predicted octanol–water partition coefficient (Wildman–Crippen LogP) is 0.526. The fourth-order valence-corrected chi connectivity index (χ4v) is 0.0915. The summed E-state index contributed by atoms with van der Waals surface area (Å²) in [4.78, 5) is 19.9. The molecule has 0 spiro atoms. The molecule has 0 radical (unpaired) electrons. The standard InChI is InChI=1S/C3H2ClIO4/c4-3(5,1(6)7)2(8)9/h(H,6,7)(H,8,9). The number of carboxylic acid groups (broad SMARTS) is 2. The lowest BCUT2D eigenvalue weighted by Gasteiger charge is -2.05. The number of halogens is 2. The first-order valence-corrected chi connectivity index (χ1v) is 3.19. The van der Waals surface area contributed by atoms with Crippen molar-refractivity contribution in [3.63, 3.8) is 0 Å². The third-order valence-corrected chi connectivity index (χ3v) is 1.78. The Kier molecular flexibility index (Phi) is 2.68. The van der Waals surface area contributed by atoms with Gasteiger partial charge in [-0.3, -0.25) is 0 Å². The lowest BCUT2D eigenvalue weighted by atomic mass is 10.4. The topological polar surface area (TPSA) is 74.6 Å². The van der Waals surface area contributed by atoms with Crippen molar-refractivity contribution in [2.24, 2.45) is 0 Å². The van der Waals surface area contributed by atoms with Crippen LogP contribution in [0, 0.1) is 0 Å². The monoisotopic (exact) mass is 264 g/mol. The Labute approximate surface area is 68.9 Å². The Morgan fingerprint density at radius 1 is 1.33 bits per heavy atom. The highest BCUT2D eigenvalue weighted by molar-refractivity contribution is 14.1. The average molecular weight is 264 g/mol. The summed E-state index contributed by atoms with van der Waals surface area (Å²) in [6.45, 7) is 0. The van der Waals surface area contributed by atoms with E-state index in [9.17, 15) is 9.59 Å². The number of hydrogen-bond acceptors (Lipinski definition) is 2. The molecule has 0 aromatic carbocycles. The van der Waals surface area contributed by atoms with Crippen LogP contribution in [-0.4, -0.2) is 25.0 Å². The molecule has 0 aliphatic carbocycles. The predicted molar refractivity (Wildman–Crippen MR) is 37.9 cm³/mol. The molecule has 0 aromatic rings. The van der Waals surface area contributed by atoms with Gasteiger partial charge in [-0.1, -0.05) is 11.6 Å². The summed E-state index contributed by atoms with van der Waals surface area (Å²) in [5, 5.41) is 16.2. The van der Waals surface area contributed by atoms with Crippen molar-refractivity contribution in [1.29, 1.82) is 0 Å². The summed E-state index contributed by atoms with van der Waals surface area (Å²) in [5.41, 5.74) is 0. The van der Waals surface area contributed by atoms with Gasteiger partial charge in [0.1, 0.15) is 0 Å². The largest absolute Gasteiger partial charge is 0.479 e. The maximum atomic E-state index is 9.94. The van der Waals surface area contributed by atoms with E-state index < -0.39 is 14.8 Å². The number of hydrogen-bond donors (Lipinski definition) is 2. The molecule has 0 unspecified atom stereocenters. The first-order chi connectivity index (χ1) is 3.89. The van der Waals surface area contributed by atoms with E-state index in [1.165, 1.54) is 0 Å². The van der Waals surface area contributed by atoms with Crippen LogP contribution in [0.5, 0.6) is 0 Å². The van der Waals surface area contributed by atoms with Gasteiger partial charge >= 0.3 is 11.9 Å². The highest BCUT2D eigenvalue weighted by Gasteiger charge is 2.41. The van der Waals surface area contributed by atoms with Gasteiger partial charge < -0.3 is 10.2 Å². The Morgan fingerprint density at radius 3 is 1.56 bits per heavy atom. The van der Waals surface area contributed by atoms with E-state index in [0.717, 1.165) is 22.6 Å². The molecule has 0 fully saturated rings. The molecule has 0 heterocycles. The smallest absolute Gasteiger partial charge is 0.346 e. The molecule has 52 valence electrons. The molecule has 9 heavy (non-hydrogen) atoms. The normalized spacial score (nSPS) is 10.9. The van der Waals surface area contributed by atoms with Crippen molar-refractivity contribution in [2.75, 3.05) is 0 Å². The van der Waals surface area contributed by atoms with Crippen molar-refractivity contribution in [2.45, 2.75) is 2.88 Å². The minimum Gasteiger partial charge on any atom is -0.479 e. The fourth-order valence-electron chi connectivity index (χ4n) is 0.0915. The Morgan fingerprint density at radius 2 is 1.56 bits per heavy atom. The number of carbonyl (C=O) groups is 2. The zero-order valence-corrected chi connectivity index (χ0v) is 6.88. The molecule has 0 aliphatic rings. The van der Waals surface area contributed by atoms with E-state index in [2.05, 4.69) is 0 Å². The lowest BCUT2D eigenvalue weighted by molar-refractivity contribution is -0.147. The lowest BCUT2D eigenvalue weighted by Crippen LogP contribution is -2.34. The van der Waals surface area contributed by atoms with Crippen LogP contribution in [0.3, 0.4) is 0 Å². The summed E-state index contributed by atoms with van der Waals surface area (Å²) < 4.78 is -2.22. The molecule has 0 aromatic heterocycles. The van der Waals surface area contributed by atoms with Crippen LogP contribution in [0.25, 0.3) is 0 Å². The van der Waals surface area contributed by atoms with Crippen LogP contribution in [0.2, 0.25) is 0 Å². The Bertz CT molecular complexity index is 138. The van der Waals surface area contributed by atoms with Gasteiger partial charge in [0.25, 0.3) is 2.88 Å². The first kappa shape index (κ1) is 8.96. The molecule has 0 aliphatic heterocycles. The van der Waals surface area contributed by atoms with Crippen molar-refractivity contribution in [1.82, 2.24) is 0 Å². The van der Waals surface area contributed by atoms with E-state index in [4.69, 9.17) is 21.8 Å². The molecule has 4 nitrogen and oxygen atoms in total. The van der Waals surface area contributed by atoms with Crippen molar-refractivity contribution in [3.8, 4) is 0 Å². The van der Waals surface area contributed by atoms with Crippen LogP contribution in [-0.2, 0) is 9.59 Å². The summed E-state index contributed by atoms with van der Waals surface area (Å²) in [7, 11) is 0. The quantitative estimate of drug-likeness (QED) is 0.433. The third kappa shape index (κ3) is 1.98. The zero-order chi connectivity index (χ0) is 7.65. The number of carboxylic acids is 2. The van der Waals surface area contributed by atoms with Gasteiger partial charge in [0.15, 0.2) is 0 Å². The summed E-state index contributed by atoms with van der Waals surface area (Å²) in [6.07, 6.45) is 0. The van der Waals surface area contributed by atoms with Gasteiger partial charge in [0.2, 0.25) is 0 Å². The van der Waals surface area contributed by atoms with Gasteiger partial charge in [0, 0.05) is 0 Å². The molecule has 0 saturated carbocycles. The van der Waals surface area contributed by atoms with E-state index in [-0.39, 0.29) is 0 Å². The van der Waals surface area contributed by atoms with Gasteiger partial charge in [0.05, 0.1) is 0 Å². The molecule has 2 N–H and O–H groups in total. The second kappa shape index (κ2) is 2.70. The first-order valence-electron chi connectivity index (χ1n) is 1.73. The van der Waals surface area contributed by atoms with Crippen molar-refractivity contribution >= 4 is 46.1 Å². The Hall–Kier alpha value is -0.0400. The van der Waals surface area contributed by atoms with Gasteiger partial charge in [-0.2, -0.15) is 0 Å². The average Bonchev–Trinajstić information content (AvgIpc) is 1.65. The molecule has 6 heteroatoms. The number of alkyl halides is 2. The number of aliphatic carboxylic acids is 2. The molecule has 0 saturated heterocycles.